The lowest BCUT2D eigenvalue weighted by molar-refractivity contribution is 0.0688. The Kier molecular flexibility index (Phi) is 2.68. The standard InChI is InChI=1S/C12H9N3O3S/c1-18-8-4-2-3-7(5-8)10-13-12-15(14-10)9(6-19-12)11(16)17/h2-6H,1H3,(H,16,17). The largest absolute Gasteiger partial charge is 0.497 e. The third-order valence-electron chi connectivity index (χ3n) is 2.63. The maximum atomic E-state index is 11.0. The molecule has 0 aliphatic carbocycles. The highest BCUT2D eigenvalue weighted by molar-refractivity contribution is 7.15. The predicted octanol–water partition coefficient (Wildman–Crippen LogP) is 2.16. The number of benzene rings is 1. The number of fused-ring (bicyclic) bond motifs is 1. The Morgan fingerprint density at radius 1 is 1.47 bits per heavy atom. The first-order chi connectivity index (χ1) is 9.19. The van der Waals surface area contributed by atoms with Crippen LogP contribution in [0.25, 0.3) is 16.3 Å². The van der Waals surface area contributed by atoms with Gasteiger partial charge >= 0.3 is 5.97 Å². The molecule has 0 aliphatic heterocycles. The third kappa shape index (κ3) is 1.93. The van der Waals surface area contributed by atoms with Crippen molar-refractivity contribution >= 4 is 22.3 Å². The molecule has 0 unspecified atom stereocenters. The van der Waals surface area contributed by atoms with E-state index in [0.717, 1.165) is 5.56 Å². The molecule has 96 valence electrons. The van der Waals surface area contributed by atoms with Gasteiger partial charge in [0.05, 0.1) is 7.11 Å². The van der Waals surface area contributed by atoms with Gasteiger partial charge in [-0.25, -0.2) is 4.79 Å². The molecule has 0 bridgehead atoms. The van der Waals surface area contributed by atoms with Gasteiger partial charge in [0.2, 0.25) is 4.96 Å². The van der Waals surface area contributed by atoms with Crippen LogP contribution in [-0.2, 0) is 0 Å². The van der Waals surface area contributed by atoms with Crippen LogP contribution in [0, 0.1) is 0 Å². The molecule has 6 nitrogen and oxygen atoms in total. The minimum Gasteiger partial charge on any atom is -0.497 e. The fraction of sp³-hybridized carbons (Fsp3) is 0.0833. The van der Waals surface area contributed by atoms with Crippen molar-refractivity contribution < 1.29 is 14.6 Å². The topological polar surface area (TPSA) is 76.7 Å². The van der Waals surface area contributed by atoms with E-state index in [-0.39, 0.29) is 5.69 Å². The number of hydrogen-bond donors (Lipinski definition) is 1. The summed E-state index contributed by atoms with van der Waals surface area (Å²) >= 11 is 1.24. The summed E-state index contributed by atoms with van der Waals surface area (Å²) in [5.41, 5.74) is 0.897. The molecule has 1 N–H and O–H groups in total. The summed E-state index contributed by atoms with van der Waals surface area (Å²) in [6.45, 7) is 0. The average Bonchev–Trinajstić information content (AvgIpc) is 2.98. The van der Waals surface area contributed by atoms with Gasteiger partial charge < -0.3 is 9.84 Å². The zero-order valence-corrected chi connectivity index (χ0v) is 10.7. The summed E-state index contributed by atoms with van der Waals surface area (Å²) in [6, 6.07) is 7.31. The van der Waals surface area contributed by atoms with E-state index in [1.807, 2.05) is 18.2 Å². The summed E-state index contributed by atoms with van der Waals surface area (Å²) in [5, 5.41) is 14.8. The second-order valence-corrected chi connectivity index (χ2v) is 4.62. The molecule has 1 aromatic carbocycles. The van der Waals surface area contributed by atoms with Gasteiger partial charge in [0, 0.05) is 10.9 Å². The van der Waals surface area contributed by atoms with Crippen LogP contribution in [-0.4, -0.2) is 32.8 Å². The number of aromatic nitrogens is 3. The fourth-order valence-corrected chi connectivity index (χ4v) is 2.51. The third-order valence-corrected chi connectivity index (χ3v) is 3.44. The number of nitrogens with zero attached hydrogens (tertiary/aromatic N) is 3. The van der Waals surface area contributed by atoms with Gasteiger partial charge in [-0.15, -0.1) is 16.4 Å². The van der Waals surface area contributed by atoms with Crippen LogP contribution in [0.5, 0.6) is 5.75 Å². The molecule has 2 heterocycles. The number of rotatable bonds is 3. The molecule has 0 saturated carbocycles. The molecule has 0 atom stereocenters. The Labute approximate surface area is 111 Å². The Morgan fingerprint density at radius 2 is 2.32 bits per heavy atom. The second kappa shape index (κ2) is 4.36. The monoisotopic (exact) mass is 275 g/mol. The summed E-state index contributed by atoms with van der Waals surface area (Å²) in [4.78, 5) is 15.9. The normalized spacial score (nSPS) is 10.8. The SMILES string of the molecule is COc1cccc(-c2nc3scc(C(=O)O)n3n2)c1. The Hall–Kier alpha value is -2.41. The maximum Gasteiger partial charge on any atom is 0.355 e. The number of carboxylic acids is 1. The minimum absolute atomic E-state index is 0.113. The zero-order valence-electron chi connectivity index (χ0n) is 9.90. The molecule has 0 spiro atoms. The van der Waals surface area contributed by atoms with Crippen LogP contribution in [0.3, 0.4) is 0 Å². The quantitative estimate of drug-likeness (QED) is 0.792. The predicted molar refractivity (Wildman–Crippen MR) is 69.8 cm³/mol. The van der Waals surface area contributed by atoms with E-state index in [1.54, 1.807) is 13.2 Å². The number of thiazole rings is 1. The van der Waals surface area contributed by atoms with Crippen molar-refractivity contribution in [3.63, 3.8) is 0 Å². The number of ether oxygens (including phenoxy) is 1. The van der Waals surface area contributed by atoms with E-state index >= 15 is 0 Å². The highest BCUT2D eigenvalue weighted by atomic mass is 32.1. The smallest absolute Gasteiger partial charge is 0.355 e. The van der Waals surface area contributed by atoms with E-state index < -0.39 is 5.97 Å². The number of carbonyl (C=O) groups is 1. The molecule has 3 aromatic rings. The summed E-state index contributed by atoms with van der Waals surface area (Å²) < 4.78 is 6.48. The first-order valence-electron chi connectivity index (χ1n) is 5.41. The molecule has 3 rings (SSSR count). The van der Waals surface area contributed by atoms with Gasteiger partial charge in [0.15, 0.2) is 11.5 Å². The van der Waals surface area contributed by atoms with Crippen molar-refractivity contribution in [1.29, 1.82) is 0 Å². The van der Waals surface area contributed by atoms with Gasteiger partial charge in [0.1, 0.15) is 5.75 Å². The van der Waals surface area contributed by atoms with Gasteiger partial charge in [-0.2, -0.15) is 9.50 Å². The van der Waals surface area contributed by atoms with Crippen molar-refractivity contribution in [1.82, 2.24) is 14.6 Å². The molecule has 0 aliphatic rings. The molecule has 7 heteroatoms. The van der Waals surface area contributed by atoms with Crippen LogP contribution < -0.4 is 4.74 Å². The number of aromatic carboxylic acids is 1. The van der Waals surface area contributed by atoms with E-state index in [9.17, 15) is 4.79 Å². The molecule has 0 amide bonds. The number of carboxylic acid groups (broad SMARTS) is 1. The zero-order chi connectivity index (χ0) is 13.4. The molecular formula is C12H9N3O3S. The summed E-state index contributed by atoms with van der Waals surface area (Å²) in [7, 11) is 1.58. The van der Waals surface area contributed by atoms with Crippen molar-refractivity contribution in [2.45, 2.75) is 0 Å². The lowest BCUT2D eigenvalue weighted by Gasteiger charge is -2.00. The lowest BCUT2D eigenvalue weighted by Crippen LogP contribution is -2.01. The lowest BCUT2D eigenvalue weighted by atomic mass is 10.2. The van der Waals surface area contributed by atoms with Gasteiger partial charge in [-0.3, -0.25) is 0 Å². The van der Waals surface area contributed by atoms with Crippen molar-refractivity contribution in [3.8, 4) is 17.1 Å². The first kappa shape index (κ1) is 11.7. The van der Waals surface area contributed by atoms with E-state index in [2.05, 4.69) is 10.1 Å². The van der Waals surface area contributed by atoms with E-state index in [1.165, 1.54) is 21.2 Å². The summed E-state index contributed by atoms with van der Waals surface area (Å²) in [6.07, 6.45) is 0. The average molecular weight is 275 g/mol. The van der Waals surface area contributed by atoms with Crippen LogP contribution in [0.15, 0.2) is 29.6 Å². The second-order valence-electron chi connectivity index (χ2n) is 3.79. The Morgan fingerprint density at radius 3 is 3.05 bits per heavy atom. The van der Waals surface area contributed by atoms with Crippen molar-refractivity contribution in [3.05, 3.63) is 35.3 Å². The van der Waals surface area contributed by atoms with Crippen LogP contribution >= 0.6 is 11.3 Å². The molecule has 0 saturated heterocycles. The van der Waals surface area contributed by atoms with Crippen molar-refractivity contribution in [2.24, 2.45) is 0 Å². The van der Waals surface area contributed by atoms with E-state index in [0.29, 0.717) is 16.5 Å². The molecular weight excluding hydrogens is 266 g/mol. The summed E-state index contributed by atoms with van der Waals surface area (Å²) in [5.74, 6) is 0.163. The number of hydrogen-bond acceptors (Lipinski definition) is 5. The van der Waals surface area contributed by atoms with Crippen LogP contribution in [0.1, 0.15) is 10.5 Å². The van der Waals surface area contributed by atoms with Gasteiger partial charge in [-0.1, -0.05) is 12.1 Å². The molecule has 2 aromatic heterocycles. The fourth-order valence-electron chi connectivity index (χ4n) is 1.71. The number of methoxy groups -OCH3 is 1. The molecule has 0 radical (unpaired) electrons. The van der Waals surface area contributed by atoms with Gasteiger partial charge in [-0.05, 0) is 12.1 Å². The van der Waals surface area contributed by atoms with Crippen LogP contribution in [0.2, 0.25) is 0 Å². The molecule has 19 heavy (non-hydrogen) atoms. The Balaban J connectivity index is 2.12. The Bertz CT molecular complexity index is 763. The highest BCUT2D eigenvalue weighted by Gasteiger charge is 2.15. The molecule has 0 fully saturated rings. The van der Waals surface area contributed by atoms with Crippen molar-refractivity contribution in [2.75, 3.05) is 7.11 Å². The van der Waals surface area contributed by atoms with Crippen LogP contribution in [0.4, 0.5) is 0 Å². The maximum absolute atomic E-state index is 11.0. The first-order valence-corrected chi connectivity index (χ1v) is 6.29. The van der Waals surface area contributed by atoms with E-state index in [4.69, 9.17) is 9.84 Å². The minimum atomic E-state index is -1.02. The highest BCUT2D eigenvalue weighted by Crippen LogP contribution is 2.23. The van der Waals surface area contributed by atoms with Gasteiger partial charge in [0.25, 0.3) is 0 Å².